The van der Waals surface area contributed by atoms with Crippen LogP contribution in [-0.2, 0) is 27.2 Å². The highest BCUT2D eigenvalue weighted by molar-refractivity contribution is 7.89. The summed E-state index contributed by atoms with van der Waals surface area (Å²) in [5, 5.41) is 1.88. The lowest BCUT2D eigenvalue weighted by Gasteiger charge is -2.17. The number of ether oxygens (including phenoxy) is 1. The number of halogens is 6. The number of alkyl halides is 6. The van der Waals surface area contributed by atoms with Crippen molar-refractivity contribution in [1.29, 1.82) is 0 Å². The Morgan fingerprint density at radius 3 is 1.91 bits per heavy atom. The van der Waals surface area contributed by atoms with Gasteiger partial charge in [-0.15, -0.1) is 0 Å². The number of hydrogen-bond donors (Lipinski definition) is 2. The highest BCUT2D eigenvalue weighted by Gasteiger charge is 2.37. The molecule has 0 saturated carbocycles. The Kier molecular flexibility index (Phi) is 7.45. The molecule has 2 N–H and O–H groups in total. The second kappa shape index (κ2) is 9.36. The number of anilines is 1. The summed E-state index contributed by atoms with van der Waals surface area (Å²) in [6.45, 7) is 3.17. The van der Waals surface area contributed by atoms with Crippen molar-refractivity contribution in [3.63, 3.8) is 0 Å². The molecule has 0 heterocycles. The molecule has 1 amide bonds. The molecular weight excluding hydrogens is 466 g/mol. The van der Waals surface area contributed by atoms with Gasteiger partial charge in [-0.1, -0.05) is 0 Å². The van der Waals surface area contributed by atoms with E-state index in [0.717, 1.165) is 6.92 Å². The summed E-state index contributed by atoms with van der Waals surface area (Å²) in [5.74, 6) is -0.755. The van der Waals surface area contributed by atoms with E-state index >= 15 is 0 Å². The fourth-order valence-electron chi connectivity index (χ4n) is 2.51. The smallest absolute Gasteiger partial charge is 0.416 e. The van der Waals surface area contributed by atoms with Crippen LogP contribution in [0.15, 0.2) is 47.4 Å². The Labute approximate surface area is 179 Å². The molecule has 0 aliphatic heterocycles. The molecule has 13 heteroatoms. The van der Waals surface area contributed by atoms with E-state index in [-0.39, 0.29) is 11.0 Å². The van der Waals surface area contributed by atoms with Crippen LogP contribution < -0.4 is 14.8 Å². The molecule has 2 aromatic rings. The van der Waals surface area contributed by atoms with Gasteiger partial charge in [-0.05, 0) is 56.3 Å². The van der Waals surface area contributed by atoms with Gasteiger partial charge < -0.3 is 10.1 Å². The Hall–Kier alpha value is -2.80. The van der Waals surface area contributed by atoms with E-state index in [1.54, 1.807) is 6.92 Å². The Bertz CT molecular complexity index is 1030. The van der Waals surface area contributed by atoms with Crippen LogP contribution in [0.4, 0.5) is 32.0 Å². The summed E-state index contributed by atoms with van der Waals surface area (Å²) in [6, 6.07) is 4.21. The maximum absolute atomic E-state index is 12.9. The second-order valence-electron chi connectivity index (χ2n) is 6.53. The SMILES string of the molecule is CCOc1ccc(S(=O)(=O)NC(C)C(=O)Nc2cc(C(F)(F)F)cc(C(F)(F)F)c2)cc1. The summed E-state index contributed by atoms with van der Waals surface area (Å²) in [6.07, 6.45) is -10.2. The Morgan fingerprint density at radius 2 is 1.47 bits per heavy atom. The maximum Gasteiger partial charge on any atom is 0.416 e. The summed E-state index contributed by atoms with van der Waals surface area (Å²) in [7, 11) is -4.22. The first-order chi connectivity index (χ1) is 14.6. The normalized spacial score (nSPS) is 13.5. The number of benzene rings is 2. The molecule has 32 heavy (non-hydrogen) atoms. The molecule has 0 spiro atoms. The quantitative estimate of drug-likeness (QED) is 0.570. The number of hydrogen-bond acceptors (Lipinski definition) is 4. The lowest BCUT2D eigenvalue weighted by molar-refractivity contribution is -0.143. The van der Waals surface area contributed by atoms with Crippen molar-refractivity contribution in [3.05, 3.63) is 53.6 Å². The van der Waals surface area contributed by atoms with E-state index in [9.17, 15) is 39.6 Å². The summed E-state index contributed by atoms with van der Waals surface area (Å²) < 4.78 is 110. The molecule has 0 aliphatic rings. The standard InChI is InChI=1S/C19H18F6N2O4S/c1-3-31-15-4-6-16(7-5-15)32(29,30)27-11(2)17(28)26-14-9-12(18(20,21)22)8-13(10-14)19(23,24)25/h4-11,27H,3H2,1-2H3,(H,26,28). The van der Waals surface area contributed by atoms with Crippen LogP contribution >= 0.6 is 0 Å². The van der Waals surface area contributed by atoms with Gasteiger partial charge >= 0.3 is 12.4 Å². The second-order valence-corrected chi connectivity index (χ2v) is 8.25. The average Bonchev–Trinajstić information content (AvgIpc) is 2.66. The fourth-order valence-corrected chi connectivity index (χ4v) is 3.72. The van der Waals surface area contributed by atoms with Crippen molar-refractivity contribution in [1.82, 2.24) is 4.72 Å². The zero-order chi connectivity index (χ0) is 24.3. The lowest BCUT2D eigenvalue weighted by atomic mass is 10.1. The zero-order valence-electron chi connectivity index (χ0n) is 16.6. The van der Waals surface area contributed by atoms with Crippen LogP contribution in [0.25, 0.3) is 0 Å². The highest BCUT2D eigenvalue weighted by atomic mass is 32.2. The van der Waals surface area contributed by atoms with Crippen molar-refractivity contribution in [2.75, 3.05) is 11.9 Å². The molecular formula is C19H18F6N2O4S. The molecule has 1 atom stereocenters. The molecule has 6 nitrogen and oxygen atoms in total. The van der Waals surface area contributed by atoms with Crippen LogP contribution in [0.2, 0.25) is 0 Å². The predicted molar refractivity (Wildman–Crippen MR) is 102 cm³/mol. The molecule has 0 saturated heterocycles. The van der Waals surface area contributed by atoms with Crippen molar-refractivity contribution in [2.24, 2.45) is 0 Å². The molecule has 1 unspecified atom stereocenters. The molecule has 176 valence electrons. The Balaban J connectivity index is 2.21. The summed E-state index contributed by atoms with van der Waals surface area (Å²) in [4.78, 5) is 12.0. The van der Waals surface area contributed by atoms with Crippen molar-refractivity contribution in [2.45, 2.75) is 37.1 Å². The van der Waals surface area contributed by atoms with Gasteiger partial charge in [-0.25, -0.2) is 8.42 Å². The van der Waals surface area contributed by atoms with Gasteiger partial charge in [0.05, 0.1) is 28.7 Å². The molecule has 0 aliphatic carbocycles. The number of rotatable bonds is 7. The number of carbonyl (C=O) groups is 1. The molecule has 0 fully saturated rings. The van der Waals surface area contributed by atoms with Gasteiger partial charge in [0.1, 0.15) is 5.75 Å². The fraction of sp³-hybridized carbons (Fsp3) is 0.316. The highest BCUT2D eigenvalue weighted by Crippen LogP contribution is 2.37. The number of amides is 1. The summed E-state index contributed by atoms with van der Waals surface area (Å²) in [5.41, 5.74) is -4.03. The third-order valence-corrected chi connectivity index (χ3v) is 5.58. The van der Waals surface area contributed by atoms with E-state index in [0.29, 0.717) is 24.5 Å². The van der Waals surface area contributed by atoms with Crippen LogP contribution in [0.5, 0.6) is 5.75 Å². The first-order valence-corrected chi connectivity index (χ1v) is 10.5. The van der Waals surface area contributed by atoms with Crippen molar-refractivity contribution < 1.29 is 44.3 Å². The minimum absolute atomic E-state index is 0.0896. The molecule has 2 aromatic carbocycles. The molecule has 0 bridgehead atoms. The van der Waals surface area contributed by atoms with Gasteiger partial charge in [-0.2, -0.15) is 31.1 Å². The number of sulfonamides is 1. The lowest BCUT2D eigenvalue weighted by Crippen LogP contribution is -2.41. The molecule has 0 aromatic heterocycles. The monoisotopic (exact) mass is 484 g/mol. The number of nitrogens with one attached hydrogen (secondary N) is 2. The molecule has 2 rings (SSSR count). The third-order valence-electron chi connectivity index (χ3n) is 4.03. The zero-order valence-corrected chi connectivity index (χ0v) is 17.5. The van der Waals surface area contributed by atoms with Gasteiger partial charge in [0.2, 0.25) is 15.9 Å². The van der Waals surface area contributed by atoms with E-state index in [1.807, 2.05) is 10.0 Å². The minimum Gasteiger partial charge on any atom is -0.494 e. The van der Waals surface area contributed by atoms with Gasteiger partial charge in [0.15, 0.2) is 0 Å². The van der Waals surface area contributed by atoms with Crippen LogP contribution in [-0.4, -0.2) is 27.0 Å². The van der Waals surface area contributed by atoms with E-state index < -0.39 is 51.1 Å². The topological polar surface area (TPSA) is 84.5 Å². The van der Waals surface area contributed by atoms with Gasteiger partial charge in [-0.3, -0.25) is 4.79 Å². The Morgan fingerprint density at radius 1 is 0.969 bits per heavy atom. The van der Waals surface area contributed by atoms with E-state index in [1.165, 1.54) is 24.3 Å². The van der Waals surface area contributed by atoms with Crippen LogP contribution in [0, 0.1) is 0 Å². The van der Waals surface area contributed by atoms with E-state index in [2.05, 4.69) is 0 Å². The first kappa shape index (κ1) is 25.5. The number of carbonyl (C=O) groups excluding carboxylic acids is 1. The first-order valence-electron chi connectivity index (χ1n) is 8.99. The predicted octanol–water partition coefficient (Wildman–Crippen LogP) is 4.43. The van der Waals surface area contributed by atoms with Gasteiger partial charge in [0, 0.05) is 5.69 Å². The minimum atomic E-state index is -5.10. The average molecular weight is 484 g/mol. The van der Waals surface area contributed by atoms with Crippen LogP contribution in [0.3, 0.4) is 0 Å². The van der Waals surface area contributed by atoms with Gasteiger partial charge in [0.25, 0.3) is 0 Å². The maximum atomic E-state index is 12.9. The largest absolute Gasteiger partial charge is 0.494 e. The van der Waals surface area contributed by atoms with Crippen molar-refractivity contribution in [3.8, 4) is 5.75 Å². The van der Waals surface area contributed by atoms with E-state index in [4.69, 9.17) is 4.74 Å². The van der Waals surface area contributed by atoms with Crippen LogP contribution in [0.1, 0.15) is 25.0 Å². The third kappa shape index (κ3) is 6.60. The van der Waals surface area contributed by atoms with Crippen molar-refractivity contribution >= 4 is 21.6 Å². The molecule has 0 radical (unpaired) electrons. The summed E-state index contributed by atoms with van der Waals surface area (Å²) >= 11 is 0.